The van der Waals surface area contributed by atoms with E-state index in [1.165, 1.54) is 31.5 Å². The van der Waals surface area contributed by atoms with Crippen molar-refractivity contribution in [3.05, 3.63) is 38.7 Å². The van der Waals surface area contributed by atoms with Gasteiger partial charge in [-0.3, -0.25) is 35.2 Å². The van der Waals surface area contributed by atoms with Crippen LogP contribution in [0.25, 0.3) is 11.0 Å². The third kappa shape index (κ3) is 3.34. The first kappa shape index (κ1) is 18.1. The van der Waals surface area contributed by atoms with Crippen LogP contribution in [0.3, 0.4) is 0 Å². The van der Waals surface area contributed by atoms with Crippen LogP contribution in [-0.4, -0.2) is 26.8 Å². The Morgan fingerprint density at radius 1 is 1.03 bits per heavy atom. The van der Waals surface area contributed by atoms with Crippen LogP contribution < -0.4 is 22.1 Å². The molecule has 0 atom stereocenters. The minimum absolute atomic E-state index is 0.0905. The Hall–Kier alpha value is -2.97. The summed E-state index contributed by atoms with van der Waals surface area (Å²) in [4.78, 5) is 56.5. The second-order valence-electron chi connectivity index (χ2n) is 9.13. The lowest BCUT2D eigenvalue weighted by atomic mass is 9.49. The molecule has 0 spiro atoms. The first-order chi connectivity index (χ1) is 13.9. The highest BCUT2D eigenvalue weighted by Gasteiger charge is 2.51. The normalized spacial score (nSPS) is 29.7. The Labute approximate surface area is 165 Å². The van der Waals surface area contributed by atoms with Crippen molar-refractivity contribution in [2.45, 2.75) is 44.9 Å². The summed E-state index contributed by atoms with van der Waals surface area (Å²) in [5.41, 5.74) is 3.95. The zero-order valence-electron chi connectivity index (χ0n) is 15.9. The van der Waals surface area contributed by atoms with Gasteiger partial charge in [0.25, 0.3) is 11.5 Å². The number of carbonyl (C=O) groups is 2. The zero-order chi connectivity index (χ0) is 20.2. The second-order valence-corrected chi connectivity index (χ2v) is 9.13. The number of carbonyl (C=O) groups excluding carboxylic acids is 2. The molecule has 0 aliphatic heterocycles. The lowest BCUT2D eigenvalue weighted by Crippen LogP contribution is -2.50. The number of hydrazine groups is 1. The first-order valence-electron chi connectivity index (χ1n) is 10.1. The molecule has 2 heterocycles. The van der Waals surface area contributed by atoms with E-state index < -0.39 is 17.2 Å². The van der Waals surface area contributed by atoms with Gasteiger partial charge in [-0.15, -0.1) is 0 Å². The molecule has 152 valence electrons. The number of rotatable bonds is 3. The number of aromatic nitrogens is 3. The quantitative estimate of drug-likeness (QED) is 0.572. The molecule has 0 unspecified atom stereocenters. The van der Waals surface area contributed by atoms with Crippen LogP contribution in [0.5, 0.6) is 0 Å². The minimum Gasteiger partial charge on any atom is -0.291 e. The molecule has 4 N–H and O–H groups in total. The van der Waals surface area contributed by atoms with Gasteiger partial charge in [0.1, 0.15) is 5.65 Å². The molecule has 4 saturated carbocycles. The van der Waals surface area contributed by atoms with Crippen LogP contribution in [0.1, 0.15) is 55.3 Å². The molecule has 0 aromatic carbocycles. The second kappa shape index (κ2) is 6.53. The smallest absolute Gasteiger partial charge is 0.291 e. The Kier molecular flexibility index (Phi) is 4.07. The van der Waals surface area contributed by atoms with Crippen LogP contribution in [-0.2, 0) is 4.79 Å². The summed E-state index contributed by atoms with van der Waals surface area (Å²) in [6, 6.07) is 1.33. The molecule has 6 rings (SSSR count). The van der Waals surface area contributed by atoms with E-state index in [2.05, 4.69) is 25.8 Å². The van der Waals surface area contributed by atoms with Crippen molar-refractivity contribution in [2.75, 3.05) is 0 Å². The molecule has 9 heteroatoms. The molecule has 2 aromatic heterocycles. The number of amides is 2. The monoisotopic (exact) mass is 397 g/mol. The third-order valence-electron chi connectivity index (χ3n) is 6.87. The topological polar surface area (TPSA) is 137 Å². The molecule has 0 saturated heterocycles. The van der Waals surface area contributed by atoms with Gasteiger partial charge in [-0.2, -0.15) is 0 Å². The Balaban J connectivity index is 1.24. The van der Waals surface area contributed by atoms with Crippen LogP contribution >= 0.6 is 0 Å². The maximum absolute atomic E-state index is 12.5. The summed E-state index contributed by atoms with van der Waals surface area (Å²) in [7, 11) is 0. The number of hydrogen-bond acceptors (Lipinski definition) is 5. The third-order valence-corrected chi connectivity index (χ3v) is 6.87. The van der Waals surface area contributed by atoms with E-state index in [-0.39, 0.29) is 27.9 Å². The molecule has 2 amide bonds. The number of aromatic amines is 2. The van der Waals surface area contributed by atoms with Crippen molar-refractivity contribution < 1.29 is 9.59 Å². The fourth-order valence-corrected chi connectivity index (χ4v) is 6.26. The van der Waals surface area contributed by atoms with Crippen LogP contribution in [0, 0.1) is 23.2 Å². The van der Waals surface area contributed by atoms with Gasteiger partial charge >= 0.3 is 5.69 Å². The summed E-state index contributed by atoms with van der Waals surface area (Å²) in [6.07, 6.45) is 9.00. The Bertz CT molecular complexity index is 1080. The van der Waals surface area contributed by atoms with Crippen molar-refractivity contribution in [3.63, 3.8) is 0 Å². The predicted molar refractivity (Wildman–Crippen MR) is 104 cm³/mol. The number of fused-ring (bicyclic) bond motifs is 1. The standard InChI is InChI=1S/C20H23N5O4/c26-15(8-20-5-10-1-11(6-20)3-12(2-10)7-20)24-25-17(27)13-4-14-16(21-9-13)22-19(29)23-18(14)28/h4,9-12H,1-3,5-8H2,(H,24,26)(H,25,27)(H2,21,22,23,28,29). The van der Waals surface area contributed by atoms with Gasteiger partial charge in [0.2, 0.25) is 5.91 Å². The minimum atomic E-state index is -0.663. The summed E-state index contributed by atoms with van der Waals surface area (Å²) >= 11 is 0. The molecule has 4 bridgehead atoms. The molecule has 4 fully saturated rings. The average Bonchev–Trinajstić information content (AvgIpc) is 2.64. The molecule has 2 aromatic rings. The fourth-order valence-electron chi connectivity index (χ4n) is 6.26. The lowest BCUT2D eigenvalue weighted by molar-refractivity contribution is -0.130. The largest absolute Gasteiger partial charge is 0.327 e. The number of H-pyrrole nitrogens is 2. The summed E-state index contributed by atoms with van der Waals surface area (Å²) in [5, 5.41) is 0.0946. The van der Waals surface area contributed by atoms with E-state index in [0.717, 1.165) is 37.0 Å². The molecule has 4 aliphatic rings. The molecule has 29 heavy (non-hydrogen) atoms. The van der Waals surface area contributed by atoms with Gasteiger partial charge in [-0.1, -0.05) is 0 Å². The van der Waals surface area contributed by atoms with Crippen molar-refractivity contribution in [2.24, 2.45) is 23.2 Å². The van der Waals surface area contributed by atoms with Gasteiger partial charge in [0.05, 0.1) is 10.9 Å². The van der Waals surface area contributed by atoms with E-state index in [4.69, 9.17) is 0 Å². The van der Waals surface area contributed by atoms with Crippen LogP contribution in [0.4, 0.5) is 0 Å². The number of pyridine rings is 1. The Morgan fingerprint density at radius 2 is 1.69 bits per heavy atom. The van der Waals surface area contributed by atoms with Gasteiger partial charge in [0, 0.05) is 12.6 Å². The summed E-state index contributed by atoms with van der Waals surface area (Å²) in [5.74, 6) is 1.53. The van der Waals surface area contributed by atoms with Crippen molar-refractivity contribution in [1.29, 1.82) is 0 Å². The van der Waals surface area contributed by atoms with E-state index in [9.17, 15) is 19.2 Å². The highest BCUT2D eigenvalue weighted by Crippen LogP contribution is 2.61. The van der Waals surface area contributed by atoms with Gasteiger partial charge < -0.3 is 0 Å². The molecule has 0 radical (unpaired) electrons. The highest BCUT2D eigenvalue weighted by molar-refractivity contribution is 5.97. The van der Waals surface area contributed by atoms with E-state index in [0.29, 0.717) is 6.42 Å². The predicted octanol–water partition coefficient (Wildman–Crippen LogP) is 0.979. The zero-order valence-corrected chi connectivity index (χ0v) is 15.9. The van der Waals surface area contributed by atoms with Gasteiger partial charge in [0.15, 0.2) is 0 Å². The molecule has 4 aliphatic carbocycles. The lowest BCUT2D eigenvalue weighted by Gasteiger charge is -2.56. The summed E-state index contributed by atoms with van der Waals surface area (Å²) in [6.45, 7) is 0. The SMILES string of the molecule is O=C(CC12CC3CC(CC(C3)C1)C2)NNC(=O)c1cnc2[nH]c(=O)[nH]c(=O)c2c1. The Morgan fingerprint density at radius 3 is 2.34 bits per heavy atom. The average molecular weight is 397 g/mol. The van der Waals surface area contributed by atoms with E-state index >= 15 is 0 Å². The van der Waals surface area contributed by atoms with E-state index in [1.807, 2.05) is 0 Å². The molecular weight excluding hydrogens is 374 g/mol. The van der Waals surface area contributed by atoms with Gasteiger partial charge in [-0.05, 0) is 67.8 Å². The van der Waals surface area contributed by atoms with Crippen molar-refractivity contribution >= 4 is 22.8 Å². The number of hydrogen-bond donors (Lipinski definition) is 4. The summed E-state index contributed by atoms with van der Waals surface area (Å²) < 4.78 is 0. The first-order valence-corrected chi connectivity index (χ1v) is 10.1. The van der Waals surface area contributed by atoms with Crippen LogP contribution in [0.15, 0.2) is 21.9 Å². The van der Waals surface area contributed by atoms with Crippen molar-refractivity contribution in [3.8, 4) is 0 Å². The number of nitrogens with one attached hydrogen (secondary N) is 4. The number of nitrogens with zero attached hydrogens (tertiary/aromatic N) is 1. The highest BCUT2D eigenvalue weighted by atomic mass is 16.2. The van der Waals surface area contributed by atoms with E-state index in [1.54, 1.807) is 0 Å². The van der Waals surface area contributed by atoms with Gasteiger partial charge in [-0.25, -0.2) is 9.78 Å². The molecule has 9 nitrogen and oxygen atoms in total. The maximum atomic E-state index is 12.5. The van der Waals surface area contributed by atoms with Crippen LogP contribution in [0.2, 0.25) is 0 Å². The fraction of sp³-hybridized carbons (Fsp3) is 0.550. The molecular formula is C20H23N5O4. The maximum Gasteiger partial charge on any atom is 0.327 e. The van der Waals surface area contributed by atoms with Crippen molar-refractivity contribution in [1.82, 2.24) is 25.8 Å².